The molecule has 1 rings (SSSR count). The van der Waals surface area contributed by atoms with Crippen LogP contribution >= 0.6 is 23.2 Å². The fourth-order valence-corrected chi connectivity index (χ4v) is 1.94. The van der Waals surface area contributed by atoms with E-state index in [1.54, 1.807) is 35.3 Å². The smallest absolute Gasteiger partial charge is 0.254 e. The van der Waals surface area contributed by atoms with Gasteiger partial charge in [0.25, 0.3) is 5.91 Å². The topological polar surface area (TPSA) is 20.3 Å². The normalized spacial score (nSPS) is 9.76. The number of rotatable bonds is 5. The molecule has 1 amide bonds. The van der Waals surface area contributed by atoms with Crippen LogP contribution in [0.1, 0.15) is 10.4 Å². The molecule has 0 bridgehead atoms. The number of halogens is 2. The van der Waals surface area contributed by atoms with Crippen LogP contribution in [0.4, 0.5) is 0 Å². The van der Waals surface area contributed by atoms with Gasteiger partial charge in [0.15, 0.2) is 0 Å². The van der Waals surface area contributed by atoms with Crippen LogP contribution in [-0.4, -0.2) is 23.9 Å². The highest BCUT2D eigenvalue weighted by Gasteiger charge is 2.14. The van der Waals surface area contributed by atoms with Crippen molar-refractivity contribution in [2.45, 2.75) is 0 Å². The molecular formula is C13H13Cl2NO. The molecule has 4 heteroatoms. The summed E-state index contributed by atoms with van der Waals surface area (Å²) in [6, 6.07) is 4.77. The average molecular weight is 270 g/mol. The van der Waals surface area contributed by atoms with Crippen molar-refractivity contribution in [1.82, 2.24) is 4.90 Å². The van der Waals surface area contributed by atoms with Crippen molar-refractivity contribution in [2.75, 3.05) is 13.1 Å². The number of hydrogen-bond donors (Lipinski definition) is 0. The van der Waals surface area contributed by atoms with Gasteiger partial charge in [0.1, 0.15) is 0 Å². The van der Waals surface area contributed by atoms with E-state index in [1.807, 2.05) is 0 Å². The molecule has 0 heterocycles. The van der Waals surface area contributed by atoms with Gasteiger partial charge < -0.3 is 4.90 Å². The van der Waals surface area contributed by atoms with Gasteiger partial charge in [0.05, 0.1) is 0 Å². The van der Waals surface area contributed by atoms with Gasteiger partial charge in [0.2, 0.25) is 0 Å². The lowest BCUT2D eigenvalue weighted by molar-refractivity contribution is 0.0791. The maximum Gasteiger partial charge on any atom is 0.254 e. The molecule has 17 heavy (non-hydrogen) atoms. The van der Waals surface area contributed by atoms with E-state index in [2.05, 4.69) is 13.2 Å². The third kappa shape index (κ3) is 3.91. The fourth-order valence-electron chi connectivity index (χ4n) is 1.41. The Morgan fingerprint density at radius 2 is 1.59 bits per heavy atom. The lowest BCUT2D eigenvalue weighted by Gasteiger charge is -2.19. The quantitative estimate of drug-likeness (QED) is 0.745. The molecule has 0 aliphatic carbocycles. The number of amides is 1. The second-order valence-electron chi connectivity index (χ2n) is 3.45. The van der Waals surface area contributed by atoms with Gasteiger partial charge >= 0.3 is 0 Å². The Morgan fingerprint density at radius 3 is 2.00 bits per heavy atom. The Kier molecular flexibility index (Phi) is 5.26. The van der Waals surface area contributed by atoms with Gasteiger partial charge in [-0.05, 0) is 18.2 Å². The molecule has 0 aliphatic rings. The third-order valence-electron chi connectivity index (χ3n) is 2.10. The van der Waals surface area contributed by atoms with Crippen molar-refractivity contribution in [2.24, 2.45) is 0 Å². The average Bonchev–Trinajstić information content (AvgIpc) is 2.26. The number of benzene rings is 1. The lowest BCUT2D eigenvalue weighted by Crippen LogP contribution is -2.31. The first-order chi connectivity index (χ1) is 8.08. The number of carbonyl (C=O) groups excluding carboxylic acids is 1. The Balaban J connectivity index is 2.99. The van der Waals surface area contributed by atoms with Gasteiger partial charge in [-0.15, -0.1) is 13.2 Å². The number of nitrogens with zero attached hydrogens (tertiary/aromatic N) is 1. The minimum Gasteiger partial charge on any atom is -0.331 e. The summed E-state index contributed by atoms with van der Waals surface area (Å²) in [7, 11) is 0. The SMILES string of the molecule is C=CCN(CC=C)C(=O)c1cc(Cl)cc(Cl)c1. The Hall–Kier alpha value is -1.25. The predicted molar refractivity (Wildman–Crippen MR) is 72.8 cm³/mol. The lowest BCUT2D eigenvalue weighted by atomic mass is 10.2. The molecule has 0 spiro atoms. The second kappa shape index (κ2) is 6.48. The van der Waals surface area contributed by atoms with Crippen LogP contribution < -0.4 is 0 Å². The van der Waals surface area contributed by atoms with Crippen LogP contribution in [0.15, 0.2) is 43.5 Å². The summed E-state index contributed by atoms with van der Waals surface area (Å²) in [6.45, 7) is 8.13. The van der Waals surface area contributed by atoms with Crippen LogP contribution in [-0.2, 0) is 0 Å². The molecule has 0 N–H and O–H groups in total. The molecular weight excluding hydrogens is 257 g/mol. The van der Waals surface area contributed by atoms with Crippen LogP contribution in [0.5, 0.6) is 0 Å². The Morgan fingerprint density at radius 1 is 1.12 bits per heavy atom. The molecule has 0 aliphatic heterocycles. The first kappa shape index (κ1) is 13.8. The minimum atomic E-state index is -0.144. The van der Waals surface area contributed by atoms with Crippen molar-refractivity contribution in [3.8, 4) is 0 Å². The van der Waals surface area contributed by atoms with Gasteiger partial charge in [-0.3, -0.25) is 4.79 Å². The summed E-state index contributed by atoms with van der Waals surface area (Å²) in [6.07, 6.45) is 3.32. The van der Waals surface area contributed by atoms with Crippen LogP contribution in [0.2, 0.25) is 10.0 Å². The largest absolute Gasteiger partial charge is 0.331 e. The summed E-state index contributed by atoms with van der Waals surface area (Å²) in [5.74, 6) is -0.144. The number of carbonyl (C=O) groups is 1. The monoisotopic (exact) mass is 269 g/mol. The van der Waals surface area contributed by atoms with Crippen molar-refractivity contribution in [3.05, 3.63) is 59.1 Å². The van der Waals surface area contributed by atoms with Crippen molar-refractivity contribution >= 4 is 29.1 Å². The molecule has 2 nitrogen and oxygen atoms in total. The standard InChI is InChI=1S/C13H13Cl2NO/c1-3-5-16(6-4-2)13(17)10-7-11(14)9-12(15)8-10/h3-4,7-9H,1-2,5-6H2. The highest BCUT2D eigenvalue weighted by Crippen LogP contribution is 2.20. The first-order valence-corrected chi connectivity index (χ1v) is 5.81. The number of hydrogen-bond acceptors (Lipinski definition) is 1. The zero-order valence-corrected chi connectivity index (χ0v) is 10.8. The van der Waals surface area contributed by atoms with Crippen LogP contribution in [0, 0.1) is 0 Å². The second-order valence-corrected chi connectivity index (χ2v) is 4.32. The molecule has 0 saturated heterocycles. The summed E-state index contributed by atoms with van der Waals surface area (Å²) < 4.78 is 0. The summed E-state index contributed by atoms with van der Waals surface area (Å²) >= 11 is 11.7. The molecule has 0 unspecified atom stereocenters. The van der Waals surface area contributed by atoms with E-state index >= 15 is 0 Å². The molecule has 0 aromatic heterocycles. The van der Waals surface area contributed by atoms with E-state index in [0.29, 0.717) is 28.7 Å². The Labute approximate surface area is 111 Å². The zero-order valence-electron chi connectivity index (χ0n) is 9.33. The molecule has 0 atom stereocenters. The van der Waals surface area contributed by atoms with Crippen molar-refractivity contribution in [3.63, 3.8) is 0 Å². The van der Waals surface area contributed by atoms with Gasteiger partial charge in [-0.25, -0.2) is 0 Å². The molecule has 1 aromatic carbocycles. The van der Waals surface area contributed by atoms with E-state index in [1.165, 1.54) is 0 Å². The minimum absolute atomic E-state index is 0.144. The molecule has 0 fully saturated rings. The molecule has 0 radical (unpaired) electrons. The van der Waals surface area contributed by atoms with Gasteiger partial charge in [-0.1, -0.05) is 35.4 Å². The van der Waals surface area contributed by atoms with E-state index in [-0.39, 0.29) is 5.91 Å². The summed E-state index contributed by atoms with van der Waals surface area (Å²) in [5.41, 5.74) is 0.464. The van der Waals surface area contributed by atoms with Crippen molar-refractivity contribution < 1.29 is 4.79 Å². The molecule has 0 saturated carbocycles. The fraction of sp³-hybridized carbons (Fsp3) is 0.154. The maximum atomic E-state index is 12.1. The summed E-state index contributed by atoms with van der Waals surface area (Å²) in [4.78, 5) is 13.7. The van der Waals surface area contributed by atoms with Gasteiger partial charge in [0, 0.05) is 28.7 Å². The highest BCUT2D eigenvalue weighted by atomic mass is 35.5. The summed E-state index contributed by atoms with van der Waals surface area (Å²) in [5, 5.41) is 0.885. The van der Waals surface area contributed by atoms with Crippen LogP contribution in [0.3, 0.4) is 0 Å². The van der Waals surface area contributed by atoms with E-state index < -0.39 is 0 Å². The maximum absolute atomic E-state index is 12.1. The predicted octanol–water partition coefficient (Wildman–Crippen LogP) is 3.81. The highest BCUT2D eigenvalue weighted by molar-refractivity contribution is 6.35. The first-order valence-electron chi connectivity index (χ1n) is 5.05. The van der Waals surface area contributed by atoms with E-state index in [9.17, 15) is 4.79 Å². The molecule has 1 aromatic rings. The zero-order chi connectivity index (χ0) is 12.8. The third-order valence-corrected chi connectivity index (χ3v) is 2.53. The molecule has 90 valence electrons. The Bertz CT molecular complexity index is 413. The van der Waals surface area contributed by atoms with Gasteiger partial charge in [-0.2, -0.15) is 0 Å². The van der Waals surface area contributed by atoms with E-state index in [0.717, 1.165) is 0 Å². The van der Waals surface area contributed by atoms with Crippen LogP contribution in [0.25, 0.3) is 0 Å². The van der Waals surface area contributed by atoms with Crippen molar-refractivity contribution in [1.29, 1.82) is 0 Å². The van der Waals surface area contributed by atoms with E-state index in [4.69, 9.17) is 23.2 Å².